The first-order valence-corrected chi connectivity index (χ1v) is 6.24. The molecule has 2 aromatic heterocycles. The highest BCUT2D eigenvalue weighted by Gasteiger charge is 2.19. The molecular formula is C11H13ClN2OS. The molecule has 3 nitrogen and oxygen atoms in total. The van der Waals surface area contributed by atoms with Gasteiger partial charge in [-0.2, -0.15) is 5.10 Å². The lowest BCUT2D eigenvalue weighted by atomic mass is 10.1. The van der Waals surface area contributed by atoms with Gasteiger partial charge in [0.15, 0.2) is 0 Å². The van der Waals surface area contributed by atoms with Gasteiger partial charge in [0.1, 0.15) is 5.15 Å². The molecule has 2 aromatic rings. The minimum atomic E-state index is -0.583. The van der Waals surface area contributed by atoms with Crippen molar-refractivity contribution in [1.82, 2.24) is 9.78 Å². The number of aromatic nitrogens is 2. The minimum Gasteiger partial charge on any atom is -0.388 e. The summed E-state index contributed by atoms with van der Waals surface area (Å²) in [5, 5.41) is 16.8. The Morgan fingerprint density at radius 2 is 2.38 bits per heavy atom. The molecule has 0 bridgehead atoms. The second kappa shape index (κ2) is 4.57. The molecule has 86 valence electrons. The number of rotatable bonds is 3. The summed E-state index contributed by atoms with van der Waals surface area (Å²) < 4.78 is 1.59. The van der Waals surface area contributed by atoms with E-state index in [4.69, 9.17) is 11.6 Å². The van der Waals surface area contributed by atoms with E-state index in [9.17, 15) is 5.11 Å². The van der Waals surface area contributed by atoms with Crippen molar-refractivity contribution in [3.05, 3.63) is 38.8 Å². The number of halogens is 1. The fourth-order valence-electron chi connectivity index (χ4n) is 1.75. The fraction of sp³-hybridized carbons (Fsp3) is 0.364. The molecule has 2 rings (SSSR count). The number of hydrogen-bond acceptors (Lipinski definition) is 3. The predicted octanol–water partition coefficient (Wildman–Crippen LogP) is 2.72. The normalized spacial score (nSPS) is 13.0. The van der Waals surface area contributed by atoms with Crippen molar-refractivity contribution in [3.8, 4) is 0 Å². The van der Waals surface area contributed by atoms with Gasteiger partial charge >= 0.3 is 0 Å². The van der Waals surface area contributed by atoms with E-state index >= 15 is 0 Å². The molecule has 0 aromatic carbocycles. The second-order valence-corrected chi connectivity index (χ2v) is 5.10. The second-order valence-electron chi connectivity index (χ2n) is 3.71. The number of thiophene rings is 1. The molecule has 0 spiro atoms. The van der Waals surface area contributed by atoms with Gasteiger partial charge in [0.2, 0.25) is 0 Å². The number of aliphatic hydroxyl groups is 1. The van der Waals surface area contributed by atoms with Crippen molar-refractivity contribution in [2.24, 2.45) is 7.05 Å². The van der Waals surface area contributed by atoms with Crippen LogP contribution in [0.25, 0.3) is 0 Å². The van der Waals surface area contributed by atoms with Crippen molar-refractivity contribution in [2.45, 2.75) is 19.4 Å². The summed E-state index contributed by atoms with van der Waals surface area (Å²) in [6.07, 6.45) is 0.00375. The molecule has 5 heteroatoms. The Morgan fingerprint density at radius 3 is 2.88 bits per heavy atom. The first-order chi connectivity index (χ1) is 7.59. The maximum absolute atomic E-state index is 10.1. The van der Waals surface area contributed by atoms with Gasteiger partial charge in [0.25, 0.3) is 0 Å². The Bertz CT molecular complexity index is 478. The van der Waals surface area contributed by atoms with Crippen molar-refractivity contribution in [1.29, 1.82) is 0 Å². The number of hydrogen-bond donors (Lipinski definition) is 1. The lowest BCUT2D eigenvalue weighted by Gasteiger charge is -2.09. The Morgan fingerprint density at radius 1 is 1.62 bits per heavy atom. The highest BCUT2D eigenvalue weighted by Crippen LogP contribution is 2.29. The monoisotopic (exact) mass is 256 g/mol. The molecular weight excluding hydrogens is 244 g/mol. The van der Waals surface area contributed by atoms with Crippen LogP contribution in [0.2, 0.25) is 5.15 Å². The number of aryl methyl sites for hydroxylation is 2. The van der Waals surface area contributed by atoms with Crippen LogP contribution >= 0.6 is 22.9 Å². The third-order valence-corrected chi connectivity index (χ3v) is 3.85. The summed E-state index contributed by atoms with van der Waals surface area (Å²) in [4.78, 5) is 1.15. The van der Waals surface area contributed by atoms with Crippen LogP contribution in [0.3, 0.4) is 0 Å². The van der Waals surface area contributed by atoms with Crippen molar-refractivity contribution in [3.63, 3.8) is 0 Å². The Hall–Kier alpha value is -0.840. The molecule has 1 unspecified atom stereocenters. The maximum atomic E-state index is 10.1. The summed E-state index contributed by atoms with van der Waals surface area (Å²) >= 11 is 7.73. The molecule has 0 fully saturated rings. The molecule has 0 saturated carbocycles. The largest absolute Gasteiger partial charge is 0.388 e. The minimum absolute atomic E-state index is 0.515. The standard InChI is InChI=1S/C11H13ClN2OS/c1-7-10(11(12)14(2)13-7)9(15)6-8-4-3-5-16-8/h3-5,9,15H,6H2,1-2H3. The summed E-state index contributed by atoms with van der Waals surface area (Å²) in [7, 11) is 1.77. The van der Waals surface area contributed by atoms with E-state index in [-0.39, 0.29) is 0 Å². The zero-order chi connectivity index (χ0) is 11.7. The van der Waals surface area contributed by atoms with E-state index < -0.39 is 6.10 Å². The van der Waals surface area contributed by atoms with Crippen LogP contribution in [-0.4, -0.2) is 14.9 Å². The smallest absolute Gasteiger partial charge is 0.132 e. The first kappa shape index (κ1) is 11.6. The van der Waals surface area contributed by atoms with E-state index in [2.05, 4.69) is 5.10 Å². The SMILES string of the molecule is Cc1nn(C)c(Cl)c1C(O)Cc1cccs1. The van der Waals surface area contributed by atoms with Crippen LogP contribution in [-0.2, 0) is 13.5 Å². The van der Waals surface area contributed by atoms with Gasteiger partial charge in [-0.05, 0) is 18.4 Å². The highest BCUT2D eigenvalue weighted by molar-refractivity contribution is 7.09. The molecule has 0 saturated heterocycles. The molecule has 0 radical (unpaired) electrons. The lowest BCUT2D eigenvalue weighted by Crippen LogP contribution is -2.02. The average molecular weight is 257 g/mol. The number of nitrogens with zero attached hydrogens (tertiary/aromatic N) is 2. The van der Waals surface area contributed by atoms with E-state index in [0.717, 1.165) is 16.1 Å². The van der Waals surface area contributed by atoms with E-state index in [1.54, 1.807) is 23.1 Å². The summed E-state index contributed by atoms with van der Waals surface area (Å²) in [6, 6.07) is 3.98. The molecule has 0 amide bonds. The Balaban J connectivity index is 2.24. The number of aliphatic hydroxyl groups excluding tert-OH is 1. The van der Waals surface area contributed by atoms with Gasteiger partial charge in [-0.15, -0.1) is 11.3 Å². The zero-order valence-electron chi connectivity index (χ0n) is 9.14. The quantitative estimate of drug-likeness (QED) is 0.917. The summed E-state index contributed by atoms with van der Waals surface area (Å²) in [5.41, 5.74) is 1.52. The molecule has 0 aliphatic carbocycles. The first-order valence-electron chi connectivity index (χ1n) is 4.99. The van der Waals surface area contributed by atoms with Crippen LogP contribution in [0, 0.1) is 6.92 Å². The van der Waals surface area contributed by atoms with Crippen LogP contribution in [0.5, 0.6) is 0 Å². The molecule has 2 heterocycles. The van der Waals surface area contributed by atoms with Gasteiger partial charge in [-0.1, -0.05) is 17.7 Å². The van der Waals surface area contributed by atoms with Crippen molar-refractivity contribution >= 4 is 22.9 Å². The van der Waals surface area contributed by atoms with Gasteiger partial charge in [-0.3, -0.25) is 4.68 Å². The summed E-state index contributed by atoms with van der Waals surface area (Å²) in [6.45, 7) is 1.86. The van der Waals surface area contributed by atoms with Crippen molar-refractivity contribution < 1.29 is 5.11 Å². The predicted molar refractivity (Wildman–Crippen MR) is 65.9 cm³/mol. The topological polar surface area (TPSA) is 38.0 Å². The third-order valence-electron chi connectivity index (χ3n) is 2.50. The summed E-state index contributed by atoms with van der Waals surface area (Å²) in [5.74, 6) is 0. The highest BCUT2D eigenvalue weighted by atomic mass is 35.5. The van der Waals surface area contributed by atoms with Gasteiger partial charge in [0, 0.05) is 23.9 Å². The van der Waals surface area contributed by atoms with Crippen LogP contribution in [0.4, 0.5) is 0 Å². The van der Waals surface area contributed by atoms with Crippen LogP contribution in [0.15, 0.2) is 17.5 Å². The maximum Gasteiger partial charge on any atom is 0.132 e. The lowest BCUT2D eigenvalue weighted by molar-refractivity contribution is 0.179. The third kappa shape index (κ3) is 2.14. The average Bonchev–Trinajstić information content (AvgIpc) is 2.77. The van der Waals surface area contributed by atoms with Crippen molar-refractivity contribution in [2.75, 3.05) is 0 Å². The molecule has 0 aliphatic heterocycles. The molecule has 0 aliphatic rings. The van der Waals surface area contributed by atoms with E-state index in [1.165, 1.54) is 0 Å². The van der Waals surface area contributed by atoms with Crippen LogP contribution in [0.1, 0.15) is 22.2 Å². The molecule has 1 atom stereocenters. The van der Waals surface area contributed by atoms with Gasteiger partial charge in [-0.25, -0.2) is 0 Å². The Labute approximate surface area is 103 Å². The fourth-order valence-corrected chi connectivity index (χ4v) is 2.79. The van der Waals surface area contributed by atoms with Crippen LogP contribution < -0.4 is 0 Å². The molecule has 16 heavy (non-hydrogen) atoms. The zero-order valence-corrected chi connectivity index (χ0v) is 10.7. The van der Waals surface area contributed by atoms with Gasteiger partial charge in [0.05, 0.1) is 11.8 Å². The van der Waals surface area contributed by atoms with E-state index in [1.807, 2.05) is 24.4 Å². The Kier molecular flexibility index (Phi) is 3.33. The molecule has 1 N–H and O–H groups in total. The van der Waals surface area contributed by atoms with E-state index in [0.29, 0.717) is 11.6 Å². The van der Waals surface area contributed by atoms with Gasteiger partial charge < -0.3 is 5.11 Å².